The van der Waals surface area contributed by atoms with Crippen LogP contribution in [-0.2, 0) is 0 Å². The highest BCUT2D eigenvalue weighted by atomic mass is 32.1. The van der Waals surface area contributed by atoms with Crippen molar-refractivity contribution in [2.45, 2.75) is 12.1 Å². The van der Waals surface area contributed by atoms with E-state index in [9.17, 15) is 0 Å². The van der Waals surface area contributed by atoms with Crippen molar-refractivity contribution in [1.82, 2.24) is 19.9 Å². The standard InChI is InChI=1S/C25H24N6S/c1-29(2)18-8-10-20(11-9-18)31-24(23(28-25(31)32)21-6-3-4-14-27-21)22-7-5-17-30(22)19-12-15-26-16-13-19/h3-17,23-24H,1-2H3,(H,28,32)/t23-,24-/m0/s1. The van der Waals surface area contributed by atoms with E-state index in [4.69, 9.17) is 12.2 Å². The number of rotatable bonds is 5. The summed E-state index contributed by atoms with van der Waals surface area (Å²) in [4.78, 5) is 13.1. The Morgan fingerprint density at radius 2 is 1.66 bits per heavy atom. The molecule has 0 unspecified atom stereocenters. The normalized spacial score (nSPS) is 17.9. The molecule has 7 heteroatoms. The molecule has 1 aliphatic heterocycles. The van der Waals surface area contributed by atoms with Crippen molar-refractivity contribution < 1.29 is 0 Å². The highest BCUT2D eigenvalue weighted by Crippen LogP contribution is 2.42. The summed E-state index contributed by atoms with van der Waals surface area (Å²) in [5, 5.41) is 4.22. The lowest BCUT2D eigenvalue weighted by molar-refractivity contribution is 0.549. The highest BCUT2D eigenvalue weighted by molar-refractivity contribution is 7.80. The Kier molecular flexibility index (Phi) is 5.33. The quantitative estimate of drug-likeness (QED) is 0.461. The molecule has 0 spiro atoms. The van der Waals surface area contributed by atoms with Crippen molar-refractivity contribution in [3.63, 3.8) is 0 Å². The third-order valence-corrected chi connectivity index (χ3v) is 6.08. The van der Waals surface area contributed by atoms with Gasteiger partial charge in [-0.2, -0.15) is 0 Å². The zero-order valence-electron chi connectivity index (χ0n) is 18.0. The van der Waals surface area contributed by atoms with Crippen LogP contribution in [0.25, 0.3) is 5.69 Å². The number of hydrogen-bond acceptors (Lipinski definition) is 4. The molecule has 0 bridgehead atoms. The van der Waals surface area contributed by atoms with E-state index in [0.717, 1.165) is 28.5 Å². The molecule has 0 saturated carbocycles. The van der Waals surface area contributed by atoms with E-state index in [0.29, 0.717) is 5.11 Å². The van der Waals surface area contributed by atoms with Crippen LogP contribution in [0.2, 0.25) is 0 Å². The van der Waals surface area contributed by atoms with Crippen molar-refractivity contribution >= 4 is 28.7 Å². The van der Waals surface area contributed by atoms with Crippen LogP contribution < -0.4 is 15.1 Å². The zero-order valence-corrected chi connectivity index (χ0v) is 18.8. The van der Waals surface area contributed by atoms with Crippen molar-refractivity contribution in [1.29, 1.82) is 0 Å². The fourth-order valence-corrected chi connectivity index (χ4v) is 4.57. The van der Waals surface area contributed by atoms with Crippen LogP contribution in [0.4, 0.5) is 11.4 Å². The van der Waals surface area contributed by atoms with E-state index < -0.39 is 0 Å². The zero-order chi connectivity index (χ0) is 22.1. The molecule has 4 heterocycles. The third kappa shape index (κ3) is 3.61. The summed E-state index contributed by atoms with van der Waals surface area (Å²) in [6.45, 7) is 0. The SMILES string of the molecule is CN(C)c1ccc(N2C(=S)N[C@@H](c3ccccn3)[C@@H]2c2cccn2-c2ccncc2)cc1. The Labute approximate surface area is 193 Å². The molecule has 3 aromatic heterocycles. The lowest BCUT2D eigenvalue weighted by Crippen LogP contribution is -2.30. The molecular formula is C25H24N6S. The minimum Gasteiger partial charge on any atom is -0.378 e. The Hall–Kier alpha value is -3.71. The van der Waals surface area contributed by atoms with E-state index in [1.54, 1.807) is 0 Å². The molecule has 1 fully saturated rings. The van der Waals surface area contributed by atoms with E-state index >= 15 is 0 Å². The molecule has 2 atom stereocenters. The first-order valence-electron chi connectivity index (χ1n) is 10.5. The molecular weight excluding hydrogens is 416 g/mol. The lowest BCUT2D eigenvalue weighted by Gasteiger charge is -2.29. The third-order valence-electron chi connectivity index (χ3n) is 5.77. The van der Waals surface area contributed by atoms with E-state index in [2.05, 4.69) is 72.2 Å². The smallest absolute Gasteiger partial charge is 0.174 e. The number of pyridine rings is 2. The minimum atomic E-state index is -0.0901. The Bertz CT molecular complexity index is 1200. The molecule has 4 aromatic rings. The van der Waals surface area contributed by atoms with Crippen molar-refractivity contribution in [3.05, 3.63) is 103 Å². The molecule has 6 nitrogen and oxygen atoms in total. The van der Waals surface area contributed by atoms with Gasteiger partial charge in [-0.05, 0) is 72.9 Å². The predicted octanol–water partition coefficient (Wildman–Crippen LogP) is 4.51. The first-order valence-corrected chi connectivity index (χ1v) is 10.9. The molecule has 160 valence electrons. The second kappa shape index (κ2) is 8.43. The molecule has 1 saturated heterocycles. The van der Waals surface area contributed by atoms with Crippen LogP contribution in [0.3, 0.4) is 0 Å². The Morgan fingerprint density at radius 3 is 2.34 bits per heavy atom. The molecule has 0 radical (unpaired) electrons. The summed E-state index contributed by atoms with van der Waals surface area (Å²) in [6.07, 6.45) is 7.53. The van der Waals surface area contributed by atoms with Crippen LogP contribution in [0.15, 0.2) is 91.5 Å². The predicted molar refractivity (Wildman–Crippen MR) is 132 cm³/mol. The van der Waals surface area contributed by atoms with Gasteiger partial charge in [0.15, 0.2) is 5.11 Å². The first-order chi connectivity index (χ1) is 15.6. The summed E-state index contributed by atoms with van der Waals surface area (Å²) in [6, 6.07) is 22.5. The van der Waals surface area contributed by atoms with E-state index in [1.807, 2.05) is 63.0 Å². The maximum atomic E-state index is 5.85. The van der Waals surface area contributed by atoms with Gasteiger partial charge in [0, 0.05) is 61.6 Å². The molecule has 1 aromatic carbocycles. The average molecular weight is 441 g/mol. The van der Waals surface area contributed by atoms with Gasteiger partial charge in [0.2, 0.25) is 0 Å². The topological polar surface area (TPSA) is 49.2 Å². The maximum Gasteiger partial charge on any atom is 0.174 e. The van der Waals surface area contributed by atoms with Gasteiger partial charge >= 0.3 is 0 Å². The van der Waals surface area contributed by atoms with Gasteiger partial charge in [0.05, 0.1) is 11.7 Å². The number of nitrogens with one attached hydrogen (secondary N) is 1. The van der Waals surface area contributed by atoms with Crippen molar-refractivity contribution in [3.8, 4) is 5.69 Å². The van der Waals surface area contributed by atoms with Crippen LogP contribution in [-0.4, -0.2) is 33.7 Å². The number of aromatic nitrogens is 3. The summed E-state index contributed by atoms with van der Waals surface area (Å²) >= 11 is 5.85. The summed E-state index contributed by atoms with van der Waals surface area (Å²) in [5.41, 5.74) is 5.31. The first kappa shape index (κ1) is 20.2. The van der Waals surface area contributed by atoms with Crippen LogP contribution in [0.5, 0.6) is 0 Å². The van der Waals surface area contributed by atoms with Crippen molar-refractivity contribution in [2.75, 3.05) is 23.9 Å². The van der Waals surface area contributed by atoms with Crippen LogP contribution in [0.1, 0.15) is 23.5 Å². The van der Waals surface area contributed by atoms with E-state index in [1.165, 1.54) is 0 Å². The van der Waals surface area contributed by atoms with E-state index in [-0.39, 0.29) is 12.1 Å². The monoisotopic (exact) mass is 440 g/mol. The van der Waals surface area contributed by atoms with Gasteiger partial charge in [-0.25, -0.2) is 0 Å². The summed E-state index contributed by atoms with van der Waals surface area (Å²) in [7, 11) is 4.08. The Morgan fingerprint density at radius 1 is 0.875 bits per heavy atom. The molecule has 1 aliphatic rings. The Balaban J connectivity index is 1.64. The average Bonchev–Trinajstić information content (AvgIpc) is 3.44. The highest BCUT2D eigenvalue weighted by Gasteiger charge is 2.42. The summed E-state index contributed by atoms with van der Waals surface area (Å²) in [5.74, 6) is 0. The van der Waals surface area contributed by atoms with Crippen molar-refractivity contribution in [2.24, 2.45) is 0 Å². The second-order valence-corrected chi connectivity index (χ2v) is 8.30. The second-order valence-electron chi connectivity index (χ2n) is 7.92. The van der Waals surface area contributed by atoms with Crippen LogP contribution >= 0.6 is 12.2 Å². The van der Waals surface area contributed by atoms with Crippen LogP contribution in [0, 0.1) is 0 Å². The minimum absolute atomic E-state index is 0.0780. The van der Waals surface area contributed by atoms with Gasteiger partial charge in [0.1, 0.15) is 6.04 Å². The van der Waals surface area contributed by atoms with Gasteiger partial charge in [-0.1, -0.05) is 6.07 Å². The summed E-state index contributed by atoms with van der Waals surface area (Å²) < 4.78 is 2.19. The molecule has 5 rings (SSSR count). The molecule has 0 amide bonds. The lowest BCUT2D eigenvalue weighted by atomic mass is 10.0. The van der Waals surface area contributed by atoms with Gasteiger partial charge in [-0.3, -0.25) is 9.97 Å². The van der Waals surface area contributed by atoms with Gasteiger partial charge in [0.25, 0.3) is 0 Å². The number of nitrogens with zero attached hydrogens (tertiary/aromatic N) is 5. The fraction of sp³-hybridized carbons (Fsp3) is 0.160. The molecule has 1 N–H and O–H groups in total. The largest absolute Gasteiger partial charge is 0.378 e. The van der Waals surface area contributed by atoms with Gasteiger partial charge < -0.3 is 19.7 Å². The number of benzene rings is 1. The fourth-order valence-electron chi connectivity index (χ4n) is 4.22. The maximum absolute atomic E-state index is 5.85. The molecule has 0 aliphatic carbocycles. The number of anilines is 2. The molecule has 32 heavy (non-hydrogen) atoms. The van der Waals surface area contributed by atoms with Gasteiger partial charge in [-0.15, -0.1) is 0 Å². The number of hydrogen-bond donors (Lipinski definition) is 1. The number of thiocarbonyl (C=S) groups is 1.